The average molecular weight is 476 g/mol. The molecule has 0 saturated heterocycles. The number of nitrogens with zero attached hydrogens (tertiary/aromatic N) is 3. The van der Waals surface area contributed by atoms with E-state index in [1.807, 2.05) is 6.92 Å². The van der Waals surface area contributed by atoms with Gasteiger partial charge >= 0.3 is 0 Å². The first-order valence-electron chi connectivity index (χ1n) is 8.17. The molecule has 0 saturated carbocycles. The molecule has 7 nitrogen and oxygen atoms in total. The summed E-state index contributed by atoms with van der Waals surface area (Å²) in [5.41, 5.74) is 2.84. The third-order valence-corrected chi connectivity index (χ3v) is 5.49. The highest BCUT2D eigenvalue weighted by molar-refractivity contribution is 14.1. The van der Waals surface area contributed by atoms with E-state index in [9.17, 15) is 10.2 Å². The Balaban J connectivity index is 1.92. The topological polar surface area (TPSA) is 115 Å². The molecule has 0 aliphatic heterocycles. The summed E-state index contributed by atoms with van der Waals surface area (Å²) in [4.78, 5) is 0. The number of aromatic nitrogens is 2. The van der Waals surface area contributed by atoms with Crippen LogP contribution in [0.2, 0.25) is 0 Å². The Morgan fingerprint density at radius 3 is 2.70 bits per heavy atom. The van der Waals surface area contributed by atoms with E-state index < -0.39 is 12.1 Å². The highest BCUT2D eigenvalue weighted by Gasteiger charge is 2.25. The molecule has 0 aliphatic carbocycles. The number of aromatic hydroxyl groups is 1. The van der Waals surface area contributed by atoms with Crippen molar-refractivity contribution in [2.24, 2.45) is 0 Å². The van der Waals surface area contributed by atoms with E-state index in [2.05, 4.69) is 44.2 Å². The van der Waals surface area contributed by atoms with Gasteiger partial charge in [-0.15, -0.1) is 10.2 Å². The SMILES string of the molecule is Cc1c(N[C@@H](c2nnc(-c3cccc(O)c3)o2)[C@@H](C)O)ccc(C#N)c1I. The van der Waals surface area contributed by atoms with Crippen LogP contribution < -0.4 is 5.32 Å². The molecule has 0 bridgehead atoms. The molecule has 2 atom stereocenters. The lowest BCUT2D eigenvalue weighted by Crippen LogP contribution is -2.23. The van der Waals surface area contributed by atoms with Gasteiger partial charge in [-0.05, 0) is 72.3 Å². The molecule has 3 aromatic rings. The number of halogens is 1. The Morgan fingerprint density at radius 2 is 2.04 bits per heavy atom. The van der Waals surface area contributed by atoms with Crippen LogP contribution in [0.1, 0.15) is 30.0 Å². The molecule has 0 fully saturated rings. The summed E-state index contributed by atoms with van der Waals surface area (Å²) in [5.74, 6) is 0.571. The van der Waals surface area contributed by atoms with Gasteiger partial charge in [0, 0.05) is 14.8 Å². The number of aliphatic hydroxyl groups is 1. The summed E-state index contributed by atoms with van der Waals surface area (Å²) in [6.45, 7) is 3.52. The maximum Gasteiger partial charge on any atom is 0.247 e. The first-order valence-corrected chi connectivity index (χ1v) is 9.25. The summed E-state index contributed by atoms with van der Waals surface area (Å²) in [7, 11) is 0. The van der Waals surface area contributed by atoms with Crippen LogP contribution in [0.5, 0.6) is 5.75 Å². The van der Waals surface area contributed by atoms with Crippen molar-refractivity contribution in [1.82, 2.24) is 10.2 Å². The van der Waals surface area contributed by atoms with Crippen molar-refractivity contribution in [3.63, 3.8) is 0 Å². The molecule has 0 spiro atoms. The molecule has 138 valence electrons. The molecule has 8 heteroatoms. The monoisotopic (exact) mass is 476 g/mol. The van der Waals surface area contributed by atoms with E-state index in [-0.39, 0.29) is 17.5 Å². The van der Waals surface area contributed by atoms with Crippen molar-refractivity contribution in [3.05, 3.63) is 57.0 Å². The summed E-state index contributed by atoms with van der Waals surface area (Å²) in [6.07, 6.45) is -0.810. The van der Waals surface area contributed by atoms with Gasteiger partial charge in [0.05, 0.1) is 11.7 Å². The normalized spacial score (nSPS) is 13.0. The minimum atomic E-state index is -0.810. The molecule has 0 radical (unpaired) electrons. The van der Waals surface area contributed by atoms with E-state index in [1.165, 1.54) is 6.07 Å². The molecule has 3 rings (SSSR count). The van der Waals surface area contributed by atoms with Crippen molar-refractivity contribution >= 4 is 28.3 Å². The van der Waals surface area contributed by atoms with Crippen LogP contribution in [-0.2, 0) is 0 Å². The smallest absolute Gasteiger partial charge is 0.247 e. The third-order valence-electron chi connectivity index (χ3n) is 4.10. The summed E-state index contributed by atoms with van der Waals surface area (Å²) >= 11 is 2.12. The van der Waals surface area contributed by atoms with E-state index in [0.29, 0.717) is 11.1 Å². The standard InChI is InChI=1S/C19H17IN4O3/c1-10-15(7-6-13(9-21)16(10)20)22-17(11(2)25)19-24-23-18(27-19)12-4-3-5-14(26)8-12/h3-8,11,17,22,25-26H,1-2H3/t11-,17-/m1/s1. The van der Waals surface area contributed by atoms with Crippen LogP contribution in [0.4, 0.5) is 5.69 Å². The number of phenols is 1. The third kappa shape index (κ3) is 4.04. The molecule has 0 aliphatic rings. The minimum Gasteiger partial charge on any atom is -0.508 e. The molecule has 2 aromatic carbocycles. The first-order chi connectivity index (χ1) is 12.9. The second-order valence-corrected chi connectivity index (χ2v) is 7.15. The van der Waals surface area contributed by atoms with Crippen LogP contribution in [0, 0.1) is 21.8 Å². The first kappa shape index (κ1) is 19.1. The van der Waals surface area contributed by atoms with Crippen LogP contribution >= 0.6 is 22.6 Å². The highest BCUT2D eigenvalue weighted by atomic mass is 127. The van der Waals surface area contributed by atoms with E-state index in [0.717, 1.165) is 14.8 Å². The van der Waals surface area contributed by atoms with Crippen LogP contribution in [0.15, 0.2) is 40.8 Å². The number of phenolic OH excluding ortho intramolecular Hbond substituents is 1. The number of benzene rings is 2. The Kier molecular flexibility index (Phi) is 5.62. The number of hydrogen-bond donors (Lipinski definition) is 3. The predicted molar refractivity (Wildman–Crippen MR) is 108 cm³/mol. The fourth-order valence-corrected chi connectivity index (χ4v) is 3.19. The summed E-state index contributed by atoms with van der Waals surface area (Å²) < 4.78 is 6.57. The molecular weight excluding hydrogens is 459 g/mol. The van der Waals surface area contributed by atoms with Crippen LogP contribution in [0.3, 0.4) is 0 Å². The van der Waals surface area contributed by atoms with Crippen molar-refractivity contribution in [1.29, 1.82) is 5.26 Å². The molecule has 1 aromatic heterocycles. The zero-order valence-electron chi connectivity index (χ0n) is 14.6. The number of aliphatic hydroxyl groups excluding tert-OH is 1. The Morgan fingerprint density at radius 1 is 1.26 bits per heavy atom. The largest absolute Gasteiger partial charge is 0.508 e. The van der Waals surface area contributed by atoms with Gasteiger partial charge in [0.15, 0.2) is 0 Å². The lowest BCUT2D eigenvalue weighted by Gasteiger charge is -2.21. The van der Waals surface area contributed by atoms with Gasteiger partial charge in [-0.2, -0.15) is 5.26 Å². The predicted octanol–water partition coefficient (Wildman–Crippen LogP) is 3.76. The Labute approximate surface area is 169 Å². The molecule has 27 heavy (non-hydrogen) atoms. The number of anilines is 1. The Bertz CT molecular complexity index is 1010. The van der Waals surface area contributed by atoms with Gasteiger partial charge in [-0.25, -0.2) is 0 Å². The minimum absolute atomic E-state index is 0.0974. The van der Waals surface area contributed by atoms with Gasteiger partial charge in [-0.3, -0.25) is 0 Å². The summed E-state index contributed by atoms with van der Waals surface area (Å²) in [6, 6.07) is 11.5. The van der Waals surface area contributed by atoms with Gasteiger partial charge in [-0.1, -0.05) is 6.07 Å². The Hall–Kier alpha value is -2.64. The lowest BCUT2D eigenvalue weighted by molar-refractivity contribution is 0.159. The van der Waals surface area contributed by atoms with Crippen LogP contribution in [0.25, 0.3) is 11.5 Å². The zero-order chi connectivity index (χ0) is 19.6. The second-order valence-electron chi connectivity index (χ2n) is 6.07. The van der Waals surface area contributed by atoms with Gasteiger partial charge < -0.3 is 19.9 Å². The lowest BCUT2D eigenvalue weighted by atomic mass is 10.1. The van der Waals surface area contributed by atoms with Gasteiger partial charge in [0.2, 0.25) is 11.8 Å². The van der Waals surface area contributed by atoms with E-state index in [4.69, 9.17) is 9.68 Å². The molecule has 0 unspecified atom stereocenters. The van der Waals surface area contributed by atoms with Crippen molar-refractivity contribution in [2.75, 3.05) is 5.32 Å². The molecule has 1 heterocycles. The van der Waals surface area contributed by atoms with E-state index >= 15 is 0 Å². The van der Waals surface area contributed by atoms with Crippen molar-refractivity contribution < 1.29 is 14.6 Å². The van der Waals surface area contributed by atoms with Crippen LogP contribution in [-0.4, -0.2) is 26.5 Å². The fourth-order valence-electron chi connectivity index (χ4n) is 2.60. The van der Waals surface area contributed by atoms with Crippen molar-refractivity contribution in [3.8, 4) is 23.3 Å². The number of rotatable bonds is 5. The number of hydrogen-bond acceptors (Lipinski definition) is 7. The second kappa shape index (κ2) is 7.94. The number of nitrogens with one attached hydrogen (secondary N) is 1. The van der Waals surface area contributed by atoms with Crippen molar-refractivity contribution in [2.45, 2.75) is 26.0 Å². The van der Waals surface area contributed by atoms with E-state index in [1.54, 1.807) is 37.3 Å². The molecule has 0 amide bonds. The molecule has 3 N–H and O–H groups in total. The van der Waals surface area contributed by atoms with Gasteiger partial charge in [0.1, 0.15) is 17.9 Å². The highest BCUT2D eigenvalue weighted by Crippen LogP contribution is 2.30. The fraction of sp³-hybridized carbons (Fsp3) is 0.211. The van der Waals surface area contributed by atoms with Gasteiger partial charge in [0.25, 0.3) is 0 Å². The summed E-state index contributed by atoms with van der Waals surface area (Å²) in [5, 5.41) is 40.3. The zero-order valence-corrected chi connectivity index (χ0v) is 16.8. The number of nitriles is 1. The average Bonchev–Trinajstić information content (AvgIpc) is 3.12. The quantitative estimate of drug-likeness (QED) is 0.481. The maximum atomic E-state index is 10.2. The molecular formula is C19H17IN4O3. The maximum absolute atomic E-state index is 10.2.